The number of nitro groups is 1. The third kappa shape index (κ3) is 3.30. The molecule has 0 saturated carbocycles. The summed E-state index contributed by atoms with van der Waals surface area (Å²) >= 11 is 0. The number of rotatable bonds is 6. The van der Waals surface area contributed by atoms with Crippen molar-refractivity contribution in [1.82, 2.24) is 0 Å². The molecule has 106 valence electrons. The molecule has 1 aromatic rings. The molecule has 0 spiro atoms. The van der Waals surface area contributed by atoms with Crippen LogP contribution in [-0.2, 0) is 9.84 Å². The molecule has 6 nitrogen and oxygen atoms in total. The average Bonchev–Trinajstić information content (AvgIpc) is 2.40. The van der Waals surface area contributed by atoms with E-state index in [9.17, 15) is 18.5 Å². The number of aliphatic hydroxyl groups is 1. The van der Waals surface area contributed by atoms with Crippen molar-refractivity contribution in [2.24, 2.45) is 0 Å². The van der Waals surface area contributed by atoms with E-state index in [1.165, 1.54) is 12.1 Å². The third-order valence-corrected chi connectivity index (χ3v) is 4.47. The Morgan fingerprint density at radius 2 is 1.89 bits per heavy atom. The zero-order valence-electron chi connectivity index (χ0n) is 10.9. The van der Waals surface area contributed by atoms with Gasteiger partial charge in [-0.25, -0.2) is 8.42 Å². The van der Waals surface area contributed by atoms with Gasteiger partial charge in [-0.15, -0.1) is 0 Å². The lowest BCUT2D eigenvalue weighted by Crippen LogP contribution is -2.08. The molecule has 1 N–H and O–H groups in total. The fraction of sp³-hybridized carbons (Fsp3) is 0.500. The number of hydrogen-bond acceptors (Lipinski definition) is 5. The van der Waals surface area contributed by atoms with Gasteiger partial charge in [0.2, 0.25) is 9.84 Å². The Balaban J connectivity index is 3.42. The molecule has 0 aromatic heterocycles. The van der Waals surface area contributed by atoms with E-state index in [4.69, 9.17) is 5.11 Å². The molecule has 7 heteroatoms. The maximum absolute atomic E-state index is 11.5. The fourth-order valence-electron chi connectivity index (χ4n) is 2.02. The summed E-state index contributed by atoms with van der Waals surface area (Å²) in [7, 11) is -3.86. The van der Waals surface area contributed by atoms with Crippen LogP contribution in [0, 0.1) is 10.1 Å². The molecule has 0 aliphatic heterocycles. The number of sulfone groups is 1. The van der Waals surface area contributed by atoms with Crippen molar-refractivity contribution >= 4 is 15.5 Å². The summed E-state index contributed by atoms with van der Waals surface area (Å²) in [6.45, 7) is 3.85. The van der Waals surface area contributed by atoms with Crippen molar-refractivity contribution < 1.29 is 18.4 Å². The van der Waals surface area contributed by atoms with Crippen molar-refractivity contribution in [2.45, 2.75) is 37.5 Å². The van der Waals surface area contributed by atoms with Gasteiger partial charge < -0.3 is 5.11 Å². The predicted octanol–water partition coefficient (Wildman–Crippen LogP) is 2.22. The molecular formula is C12H17NO5S. The van der Waals surface area contributed by atoms with E-state index < -0.39 is 20.7 Å². The quantitative estimate of drug-likeness (QED) is 0.639. The van der Waals surface area contributed by atoms with E-state index in [2.05, 4.69) is 0 Å². The highest BCUT2D eigenvalue weighted by atomic mass is 32.2. The molecule has 19 heavy (non-hydrogen) atoms. The fourth-order valence-corrected chi connectivity index (χ4v) is 2.74. The van der Waals surface area contributed by atoms with Crippen molar-refractivity contribution in [3.8, 4) is 0 Å². The monoisotopic (exact) mass is 287 g/mol. The van der Waals surface area contributed by atoms with Gasteiger partial charge in [-0.1, -0.05) is 19.9 Å². The van der Waals surface area contributed by atoms with Crippen LogP contribution in [0.5, 0.6) is 0 Å². The number of hydrogen-bond donors (Lipinski definition) is 1. The second kappa shape index (κ2) is 6.12. The molecule has 1 aromatic carbocycles. The van der Waals surface area contributed by atoms with Gasteiger partial charge in [-0.3, -0.25) is 10.1 Å². The van der Waals surface area contributed by atoms with E-state index in [0.717, 1.165) is 18.9 Å². The molecule has 0 unspecified atom stereocenters. The first-order chi connectivity index (χ1) is 8.87. The summed E-state index contributed by atoms with van der Waals surface area (Å²) in [6.07, 6.45) is 1.48. The smallest absolute Gasteiger partial charge is 0.274 e. The van der Waals surface area contributed by atoms with E-state index in [1.54, 1.807) is 0 Å². The van der Waals surface area contributed by atoms with Crippen LogP contribution < -0.4 is 0 Å². The summed E-state index contributed by atoms with van der Waals surface area (Å²) in [4.78, 5) is 10.3. The normalized spacial score (nSPS) is 11.8. The number of benzene rings is 1. The van der Waals surface area contributed by atoms with Crippen LogP contribution in [0.1, 0.15) is 38.2 Å². The molecule has 0 atom stereocenters. The minimum atomic E-state index is -3.86. The summed E-state index contributed by atoms with van der Waals surface area (Å²) < 4.78 is 23.0. The van der Waals surface area contributed by atoms with Crippen molar-refractivity contribution in [2.75, 3.05) is 5.94 Å². The molecule has 0 saturated heterocycles. The minimum Gasteiger partial charge on any atom is -0.380 e. The van der Waals surface area contributed by atoms with Crippen LogP contribution in [-0.4, -0.2) is 24.4 Å². The lowest BCUT2D eigenvalue weighted by Gasteiger charge is -2.13. The molecular weight excluding hydrogens is 270 g/mol. The standard InChI is InChI=1S/C12H17NO5S/c1-3-9(4-2)11-6-5-10(19(17,18)8-14)7-12(11)13(15)16/h5-7,9,14H,3-4,8H2,1-2H3. The van der Waals surface area contributed by atoms with Crippen molar-refractivity contribution in [1.29, 1.82) is 0 Å². The van der Waals surface area contributed by atoms with Gasteiger partial charge in [0.1, 0.15) is 5.94 Å². The van der Waals surface area contributed by atoms with Gasteiger partial charge in [0.25, 0.3) is 5.69 Å². The first-order valence-corrected chi connectivity index (χ1v) is 7.64. The van der Waals surface area contributed by atoms with Gasteiger partial charge in [0.05, 0.1) is 9.82 Å². The topological polar surface area (TPSA) is 97.5 Å². The first kappa shape index (κ1) is 15.6. The summed E-state index contributed by atoms with van der Waals surface area (Å²) in [5.41, 5.74) is 0.329. The third-order valence-electron chi connectivity index (χ3n) is 3.15. The molecule has 0 aliphatic carbocycles. The Bertz CT molecular complexity index is 563. The lowest BCUT2D eigenvalue weighted by molar-refractivity contribution is -0.386. The van der Waals surface area contributed by atoms with Gasteiger partial charge in [-0.05, 0) is 24.8 Å². The molecule has 0 bridgehead atoms. The van der Waals surface area contributed by atoms with E-state index in [-0.39, 0.29) is 16.5 Å². The SMILES string of the molecule is CCC(CC)c1ccc(S(=O)(=O)CO)cc1[N+](=O)[O-]. The van der Waals surface area contributed by atoms with E-state index in [0.29, 0.717) is 5.56 Å². The van der Waals surface area contributed by atoms with Crippen molar-refractivity contribution in [3.63, 3.8) is 0 Å². The van der Waals surface area contributed by atoms with E-state index >= 15 is 0 Å². The predicted molar refractivity (Wildman–Crippen MR) is 70.7 cm³/mol. The Kier molecular flexibility index (Phi) is 5.02. The van der Waals surface area contributed by atoms with Gasteiger partial charge >= 0.3 is 0 Å². The molecule has 0 fully saturated rings. The summed E-state index contributed by atoms with van der Waals surface area (Å²) in [5, 5.41) is 19.9. The van der Waals surface area contributed by atoms with Crippen LogP contribution in [0.4, 0.5) is 5.69 Å². The highest BCUT2D eigenvalue weighted by Gasteiger charge is 2.23. The molecule has 0 radical (unpaired) electrons. The van der Waals surface area contributed by atoms with Crippen LogP contribution >= 0.6 is 0 Å². The lowest BCUT2D eigenvalue weighted by atomic mass is 9.93. The molecule has 0 amide bonds. The van der Waals surface area contributed by atoms with Crippen molar-refractivity contribution in [3.05, 3.63) is 33.9 Å². The summed E-state index contributed by atoms with van der Waals surface area (Å²) in [5.74, 6) is -1.04. The first-order valence-electron chi connectivity index (χ1n) is 5.99. The second-order valence-electron chi connectivity index (χ2n) is 4.23. The minimum absolute atomic E-state index is 0.0197. The number of nitrogens with zero attached hydrogens (tertiary/aromatic N) is 1. The summed E-state index contributed by atoms with van der Waals surface area (Å²) in [6, 6.07) is 3.81. The Labute approximate surface area is 112 Å². The maximum atomic E-state index is 11.5. The van der Waals surface area contributed by atoms with Crippen LogP contribution in [0.15, 0.2) is 23.1 Å². The maximum Gasteiger partial charge on any atom is 0.274 e. The molecule has 0 heterocycles. The zero-order chi connectivity index (χ0) is 14.6. The largest absolute Gasteiger partial charge is 0.380 e. The van der Waals surface area contributed by atoms with Gasteiger partial charge in [-0.2, -0.15) is 0 Å². The van der Waals surface area contributed by atoms with Crippen LogP contribution in [0.2, 0.25) is 0 Å². The zero-order valence-corrected chi connectivity index (χ0v) is 11.7. The number of aliphatic hydroxyl groups excluding tert-OH is 1. The molecule has 0 aliphatic rings. The van der Waals surface area contributed by atoms with Gasteiger partial charge in [0.15, 0.2) is 0 Å². The Hall–Kier alpha value is -1.47. The van der Waals surface area contributed by atoms with Crippen LogP contribution in [0.3, 0.4) is 0 Å². The second-order valence-corrected chi connectivity index (χ2v) is 6.19. The molecule has 1 rings (SSSR count). The highest BCUT2D eigenvalue weighted by molar-refractivity contribution is 7.91. The average molecular weight is 287 g/mol. The van der Waals surface area contributed by atoms with Crippen LogP contribution in [0.25, 0.3) is 0 Å². The Morgan fingerprint density at radius 3 is 2.32 bits per heavy atom. The Morgan fingerprint density at radius 1 is 1.32 bits per heavy atom. The van der Waals surface area contributed by atoms with Gasteiger partial charge in [0, 0.05) is 11.6 Å². The van der Waals surface area contributed by atoms with E-state index in [1.807, 2.05) is 13.8 Å². The number of nitro benzene ring substituents is 1. The highest BCUT2D eigenvalue weighted by Crippen LogP contribution is 2.33.